The molecule has 0 aromatic heterocycles. The monoisotopic (exact) mass is 267 g/mol. The molecule has 0 aromatic rings. The second-order valence-electron chi connectivity index (χ2n) is 4.67. The predicted octanol–water partition coefficient (Wildman–Crippen LogP) is 2.91. The highest BCUT2D eigenvalue weighted by Crippen LogP contribution is 2.15. The predicted molar refractivity (Wildman–Crippen MR) is 76.8 cm³/mol. The highest BCUT2D eigenvalue weighted by molar-refractivity contribution is 5.81. The van der Waals surface area contributed by atoms with Crippen LogP contribution in [0.15, 0.2) is 23.8 Å². The minimum Gasteiger partial charge on any atom is -0.478 e. The third-order valence-electron chi connectivity index (χ3n) is 2.89. The molecule has 4 heteroatoms. The van der Waals surface area contributed by atoms with Gasteiger partial charge in [0.25, 0.3) is 0 Å². The molecule has 0 rings (SSSR count). The van der Waals surface area contributed by atoms with Gasteiger partial charge in [-0.2, -0.15) is 0 Å². The Morgan fingerprint density at radius 3 is 2.47 bits per heavy atom. The molecule has 0 saturated carbocycles. The van der Waals surface area contributed by atoms with Gasteiger partial charge in [-0.3, -0.25) is 4.79 Å². The summed E-state index contributed by atoms with van der Waals surface area (Å²) in [5.74, 6) is -1.14. The summed E-state index contributed by atoms with van der Waals surface area (Å²) in [6.07, 6.45) is 9.66. The van der Waals surface area contributed by atoms with Crippen LogP contribution < -0.4 is 5.32 Å². The van der Waals surface area contributed by atoms with Crippen LogP contribution in [0.2, 0.25) is 0 Å². The molecule has 0 saturated heterocycles. The number of carboxylic acid groups (broad SMARTS) is 1. The molecule has 4 nitrogen and oxygen atoms in total. The molecule has 1 atom stereocenters. The van der Waals surface area contributed by atoms with Crippen molar-refractivity contribution in [1.82, 2.24) is 5.32 Å². The van der Waals surface area contributed by atoms with E-state index in [4.69, 9.17) is 5.11 Å². The van der Waals surface area contributed by atoms with Crippen molar-refractivity contribution in [3.8, 4) is 0 Å². The Morgan fingerprint density at radius 1 is 1.26 bits per heavy atom. The lowest BCUT2D eigenvalue weighted by molar-refractivity contribution is -0.131. The molecule has 1 unspecified atom stereocenters. The van der Waals surface area contributed by atoms with Crippen LogP contribution in [0.5, 0.6) is 0 Å². The van der Waals surface area contributed by atoms with E-state index in [1.807, 2.05) is 13.0 Å². The number of carbonyl (C=O) groups is 2. The van der Waals surface area contributed by atoms with E-state index in [9.17, 15) is 9.59 Å². The molecule has 0 aromatic carbocycles. The summed E-state index contributed by atoms with van der Waals surface area (Å²) in [7, 11) is 1.61. The smallest absolute Gasteiger partial charge is 0.328 e. The van der Waals surface area contributed by atoms with E-state index < -0.39 is 5.97 Å². The number of nitrogens with one attached hydrogen (secondary N) is 1. The zero-order valence-corrected chi connectivity index (χ0v) is 12.1. The SMILES string of the molecule is CCCCC/C=C(/C=C/C(=O)O)CC(C)C(=O)NC. The van der Waals surface area contributed by atoms with Crippen molar-refractivity contribution in [3.05, 3.63) is 23.8 Å². The molecule has 0 radical (unpaired) electrons. The lowest BCUT2D eigenvalue weighted by Crippen LogP contribution is -2.25. The van der Waals surface area contributed by atoms with E-state index in [1.165, 1.54) is 0 Å². The first-order chi connectivity index (χ1) is 9.01. The fourth-order valence-corrected chi connectivity index (χ4v) is 1.77. The first-order valence-corrected chi connectivity index (χ1v) is 6.82. The van der Waals surface area contributed by atoms with Crippen molar-refractivity contribution >= 4 is 11.9 Å². The number of carbonyl (C=O) groups excluding carboxylic acids is 1. The number of rotatable bonds is 9. The average Bonchev–Trinajstić information content (AvgIpc) is 2.39. The van der Waals surface area contributed by atoms with Crippen LogP contribution in [0.25, 0.3) is 0 Å². The lowest BCUT2D eigenvalue weighted by Gasteiger charge is -2.10. The van der Waals surface area contributed by atoms with Crippen molar-refractivity contribution in [2.75, 3.05) is 7.05 Å². The first-order valence-electron chi connectivity index (χ1n) is 6.82. The number of hydrogen-bond acceptors (Lipinski definition) is 2. The highest BCUT2D eigenvalue weighted by atomic mass is 16.4. The van der Waals surface area contributed by atoms with E-state index >= 15 is 0 Å². The van der Waals surface area contributed by atoms with Gasteiger partial charge in [0, 0.05) is 19.0 Å². The summed E-state index contributed by atoms with van der Waals surface area (Å²) >= 11 is 0. The molecule has 1 amide bonds. The molecule has 0 bridgehead atoms. The van der Waals surface area contributed by atoms with Crippen molar-refractivity contribution < 1.29 is 14.7 Å². The van der Waals surface area contributed by atoms with Crippen LogP contribution >= 0.6 is 0 Å². The Morgan fingerprint density at radius 2 is 1.95 bits per heavy atom. The second kappa shape index (κ2) is 10.4. The summed E-state index contributed by atoms with van der Waals surface area (Å²) in [6.45, 7) is 3.98. The van der Waals surface area contributed by atoms with Gasteiger partial charge >= 0.3 is 5.97 Å². The normalized spacial score (nSPS) is 13.5. The number of hydrogen-bond donors (Lipinski definition) is 2. The van der Waals surface area contributed by atoms with Crippen molar-refractivity contribution in [2.24, 2.45) is 5.92 Å². The van der Waals surface area contributed by atoms with Gasteiger partial charge in [-0.25, -0.2) is 4.79 Å². The molecule has 108 valence electrons. The zero-order chi connectivity index (χ0) is 14.7. The topological polar surface area (TPSA) is 66.4 Å². The Bertz CT molecular complexity index is 345. The molecule has 0 aliphatic carbocycles. The Hall–Kier alpha value is -1.58. The van der Waals surface area contributed by atoms with Crippen molar-refractivity contribution in [3.63, 3.8) is 0 Å². The van der Waals surface area contributed by atoms with Gasteiger partial charge in [-0.15, -0.1) is 0 Å². The maximum absolute atomic E-state index is 11.5. The van der Waals surface area contributed by atoms with Gasteiger partial charge in [0.1, 0.15) is 0 Å². The summed E-state index contributed by atoms with van der Waals surface area (Å²) in [5.41, 5.74) is 0.912. The van der Waals surface area contributed by atoms with Gasteiger partial charge < -0.3 is 10.4 Å². The molecule has 2 N–H and O–H groups in total. The Balaban J connectivity index is 4.57. The number of allylic oxidation sites excluding steroid dienone is 3. The number of unbranched alkanes of at least 4 members (excludes halogenated alkanes) is 3. The quantitative estimate of drug-likeness (QED) is 0.383. The molecule has 0 fully saturated rings. The number of carboxylic acids is 1. The molecule has 19 heavy (non-hydrogen) atoms. The minimum atomic E-state index is -0.966. The maximum atomic E-state index is 11.5. The molecular formula is C15H25NO3. The molecule has 0 aliphatic rings. The number of amides is 1. The van der Waals surface area contributed by atoms with E-state index in [1.54, 1.807) is 13.1 Å². The van der Waals surface area contributed by atoms with Gasteiger partial charge in [0.05, 0.1) is 0 Å². The zero-order valence-electron chi connectivity index (χ0n) is 12.1. The summed E-state index contributed by atoms with van der Waals surface area (Å²) in [6, 6.07) is 0. The Kier molecular flexibility index (Phi) is 9.49. The highest BCUT2D eigenvalue weighted by Gasteiger charge is 2.11. The second-order valence-corrected chi connectivity index (χ2v) is 4.67. The van der Waals surface area contributed by atoms with E-state index in [0.29, 0.717) is 6.42 Å². The third-order valence-corrected chi connectivity index (χ3v) is 2.89. The van der Waals surface area contributed by atoms with E-state index in [-0.39, 0.29) is 11.8 Å². The van der Waals surface area contributed by atoms with Crippen LogP contribution in [0.1, 0.15) is 46.0 Å². The van der Waals surface area contributed by atoms with Gasteiger partial charge in [-0.1, -0.05) is 44.4 Å². The minimum absolute atomic E-state index is 0.0248. The fraction of sp³-hybridized carbons (Fsp3) is 0.600. The van der Waals surface area contributed by atoms with Crippen LogP contribution in [0.3, 0.4) is 0 Å². The standard InChI is InChI=1S/C15H25NO3/c1-4-5-6-7-8-13(9-10-14(17)18)11-12(2)15(19)16-3/h8-10,12H,4-7,11H2,1-3H3,(H,16,19)(H,17,18)/b10-9+,13-8-. The van der Waals surface area contributed by atoms with Crippen molar-refractivity contribution in [1.29, 1.82) is 0 Å². The summed E-state index contributed by atoms with van der Waals surface area (Å²) in [4.78, 5) is 22.0. The molecular weight excluding hydrogens is 242 g/mol. The Labute approximate surface area is 115 Å². The van der Waals surface area contributed by atoms with Gasteiger partial charge in [0.2, 0.25) is 5.91 Å². The third kappa shape index (κ3) is 9.05. The average molecular weight is 267 g/mol. The summed E-state index contributed by atoms with van der Waals surface area (Å²) in [5, 5.41) is 11.3. The van der Waals surface area contributed by atoms with Crippen LogP contribution in [-0.2, 0) is 9.59 Å². The van der Waals surface area contributed by atoms with Crippen LogP contribution in [0, 0.1) is 5.92 Å². The molecule has 0 spiro atoms. The fourth-order valence-electron chi connectivity index (χ4n) is 1.77. The van der Waals surface area contributed by atoms with Crippen molar-refractivity contribution in [2.45, 2.75) is 46.0 Å². The number of aliphatic carboxylic acids is 1. The first kappa shape index (κ1) is 17.4. The van der Waals surface area contributed by atoms with E-state index in [0.717, 1.165) is 37.3 Å². The molecule has 0 aliphatic heterocycles. The van der Waals surface area contributed by atoms with Gasteiger partial charge in [0.15, 0.2) is 0 Å². The summed E-state index contributed by atoms with van der Waals surface area (Å²) < 4.78 is 0. The lowest BCUT2D eigenvalue weighted by atomic mass is 9.98. The molecule has 0 heterocycles. The van der Waals surface area contributed by atoms with Gasteiger partial charge in [-0.05, 0) is 19.3 Å². The van der Waals surface area contributed by atoms with E-state index in [2.05, 4.69) is 12.2 Å². The van der Waals surface area contributed by atoms with Crippen LogP contribution in [-0.4, -0.2) is 24.0 Å². The maximum Gasteiger partial charge on any atom is 0.328 e. The largest absolute Gasteiger partial charge is 0.478 e. The van der Waals surface area contributed by atoms with Crippen LogP contribution in [0.4, 0.5) is 0 Å².